The largest absolute Gasteiger partial charge is 0.490 e. The highest BCUT2D eigenvalue weighted by Crippen LogP contribution is 2.48. The summed E-state index contributed by atoms with van der Waals surface area (Å²) in [4.78, 5) is 0. The molecular formula is C24H36F2O. The minimum atomic E-state index is -0.811. The van der Waals surface area contributed by atoms with E-state index in [1.165, 1.54) is 32.1 Å². The number of rotatable bonds is 6. The number of hydrogen-bond donors (Lipinski definition) is 0. The first-order valence-corrected chi connectivity index (χ1v) is 11.1. The maximum absolute atomic E-state index is 14.6. The summed E-state index contributed by atoms with van der Waals surface area (Å²) in [5.41, 5.74) is 1.10. The molecule has 0 aliphatic heterocycles. The molecule has 0 bridgehead atoms. The highest BCUT2D eigenvalue weighted by molar-refractivity contribution is 5.33. The Balaban J connectivity index is 1.57. The van der Waals surface area contributed by atoms with E-state index >= 15 is 0 Å². The maximum Gasteiger partial charge on any atom is 0.200 e. The van der Waals surface area contributed by atoms with Crippen molar-refractivity contribution in [1.82, 2.24) is 0 Å². The molecule has 27 heavy (non-hydrogen) atoms. The Labute approximate surface area is 163 Å². The summed E-state index contributed by atoms with van der Waals surface area (Å²) in [6.07, 6.45) is 11.8. The van der Waals surface area contributed by atoms with Gasteiger partial charge in [-0.3, -0.25) is 0 Å². The van der Waals surface area contributed by atoms with Gasteiger partial charge in [0, 0.05) is 0 Å². The Morgan fingerprint density at radius 2 is 1.56 bits per heavy atom. The van der Waals surface area contributed by atoms with Gasteiger partial charge in [-0.05, 0) is 92.6 Å². The highest BCUT2D eigenvalue weighted by atomic mass is 19.2. The fourth-order valence-electron chi connectivity index (χ4n) is 5.25. The quantitative estimate of drug-likeness (QED) is 0.494. The highest BCUT2D eigenvalue weighted by Gasteiger charge is 2.35. The Bertz CT molecular complexity index is 611. The predicted molar refractivity (Wildman–Crippen MR) is 107 cm³/mol. The van der Waals surface area contributed by atoms with Crippen LogP contribution in [0.15, 0.2) is 12.1 Å². The van der Waals surface area contributed by atoms with Crippen LogP contribution in [0.25, 0.3) is 0 Å². The number of hydrogen-bond acceptors (Lipinski definition) is 1. The van der Waals surface area contributed by atoms with Crippen molar-refractivity contribution in [3.8, 4) is 5.75 Å². The zero-order chi connectivity index (χ0) is 19.4. The van der Waals surface area contributed by atoms with Crippen LogP contribution in [-0.4, -0.2) is 6.61 Å². The van der Waals surface area contributed by atoms with Crippen molar-refractivity contribution in [3.05, 3.63) is 29.3 Å². The average molecular weight is 379 g/mol. The zero-order valence-electron chi connectivity index (χ0n) is 17.3. The molecule has 3 rings (SSSR count). The summed E-state index contributed by atoms with van der Waals surface area (Å²) in [5.74, 6) is 0.325. The van der Waals surface area contributed by atoms with Crippen LogP contribution in [0, 0.1) is 28.9 Å². The van der Waals surface area contributed by atoms with Gasteiger partial charge in [0.2, 0.25) is 5.82 Å². The molecule has 0 radical (unpaired) electrons. The van der Waals surface area contributed by atoms with Gasteiger partial charge in [0.15, 0.2) is 11.6 Å². The lowest BCUT2D eigenvalue weighted by molar-refractivity contribution is 0.108. The van der Waals surface area contributed by atoms with Crippen LogP contribution < -0.4 is 4.74 Å². The van der Waals surface area contributed by atoms with Crippen molar-refractivity contribution < 1.29 is 13.5 Å². The first-order valence-electron chi connectivity index (χ1n) is 11.1. The Kier molecular flexibility index (Phi) is 6.81. The molecule has 2 fully saturated rings. The van der Waals surface area contributed by atoms with Gasteiger partial charge in [0.1, 0.15) is 0 Å². The van der Waals surface area contributed by atoms with E-state index in [0.29, 0.717) is 17.6 Å². The van der Waals surface area contributed by atoms with E-state index in [1.54, 1.807) is 12.1 Å². The van der Waals surface area contributed by atoms with Crippen LogP contribution in [0.3, 0.4) is 0 Å². The third kappa shape index (κ3) is 4.66. The molecular weight excluding hydrogens is 342 g/mol. The molecule has 1 nitrogen and oxygen atoms in total. The summed E-state index contributed by atoms with van der Waals surface area (Å²) in [6, 6.07) is 3.36. The van der Waals surface area contributed by atoms with Gasteiger partial charge in [0.05, 0.1) is 6.61 Å². The third-order valence-electron chi connectivity index (χ3n) is 7.51. The van der Waals surface area contributed by atoms with Crippen LogP contribution in [0.1, 0.15) is 96.5 Å². The molecule has 0 N–H and O–H groups in total. The van der Waals surface area contributed by atoms with E-state index < -0.39 is 11.6 Å². The lowest BCUT2D eigenvalue weighted by atomic mass is 9.64. The van der Waals surface area contributed by atoms with Gasteiger partial charge in [-0.15, -0.1) is 0 Å². The van der Waals surface area contributed by atoms with E-state index in [0.717, 1.165) is 43.9 Å². The fourth-order valence-corrected chi connectivity index (χ4v) is 5.25. The standard InChI is InChI=1S/C24H36F2O/c1-4-16-27-21-11-10-20(22(25)23(21)26)19-8-6-17(7-9-19)18-12-14-24(3,5-2)15-13-18/h10-11,17-19H,4-9,12-16H2,1-3H3. The van der Waals surface area contributed by atoms with E-state index in [-0.39, 0.29) is 11.7 Å². The Hall–Kier alpha value is -1.12. The molecule has 2 aliphatic rings. The SMILES string of the molecule is CCCOc1ccc(C2CCC(C3CCC(C)(CC)CC3)CC2)c(F)c1F. The molecule has 0 saturated heterocycles. The molecule has 0 heterocycles. The minimum Gasteiger partial charge on any atom is -0.490 e. The molecule has 0 unspecified atom stereocenters. The molecule has 1 aromatic carbocycles. The van der Waals surface area contributed by atoms with Gasteiger partial charge < -0.3 is 4.74 Å². The molecule has 2 aliphatic carbocycles. The van der Waals surface area contributed by atoms with E-state index in [1.807, 2.05) is 6.92 Å². The van der Waals surface area contributed by atoms with Crippen molar-refractivity contribution in [2.24, 2.45) is 17.3 Å². The minimum absolute atomic E-state index is 0.0490. The molecule has 0 spiro atoms. The normalized spacial score (nSPS) is 31.7. The molecule has 3 heteroatoms. The third-order valence-corrected chi connectivity index (χ3v) is 7.51. The summed E-state index contributed by atoms with van der Waals surface area (Å²) in [6.45, 7) is 7.12. The average Bonchev–Trinajstić information content (AvgIpc) is 2.70. The van der Waals surface area contributed by atoms with Crippen LogP contribution in [0.2, 0.25) is 0 Å². The number of ether oxygens (including phenoxy) is 1. The molecule has 152 valence electrons. The molecule has 0 atom stereocenters. The topological polar surface area (TPSA) is 9.23 Å². The second-order valence-corrected chi connectivity index (χ2v) is 9.24. The Morgan fingerprint density at radius 1 is 0.926 bits per heavy atom. The summed E-state index contributed by atoms with van der Waals surface area (Å²) in [7, 11) is 0. The van der Waals surface area contributed by atoms with Crippen molar-refractivity contribution in [2.75, 3.05) is 6.61 Å². The van der Waals surface area contributed by atoms with Crippen LogP contribution >= 0.6 is 0 Å². The van der Waals surface area contributed by atoms with Gasteiger partial charge in [-0.2, -0.15) is 4.39 Å². The molecule has 2 saturated carbocycles. The number of benzene rings is 1. The summed E-state index contributed by atoms with van der Waals surface area (Å²) < 4.78 is 34.2. The molecule has 1 aromatic rings. The smallest absolute Gasteiger partial charge is 0.200 e. The van der Waals surface area contributed by atoms with E-state index in [2.05, 4.69) is 13.8 Å². The maximum atomic E-state index is 14.6. The van der Waals surface area contributed by atoms with Crippen molar-refractivity contribution in [1.29, 1.82) is 0 Å². The molecule has 0 amide bonds. The second kappa shape index (κ2) is 8.92. The van der Waals surface area contributed by atoms with Crippen molar-refractivity contribution >= 4 is 0 Å². The van der Waals surface area contributed by atoms with Crippen LogP contribution in [0.4, 0.5) is 8.78 Å². The summed E-state index contributed by atoms with van der Waals surface area (Å²) >= 11 is 0. The van der Waals surface area contributed by atoms with Crippen molar-refractivity contribution in [3.63, 3.8) is 0 Å². The van der Waals surface area contributed by atoms with E-state index in [4.69, 9.17) is 4.74 Å². The second-order valence-electron chi connectivity index (χ2n) is 9.24. The number of halogens is 2. The van der Waals surface area contributed by atoms with Gasteiger partial charge >= 0.3 is 0 Å². The predicted octanol–water partition coefficient (Wildman–Crippen LogP) is 7.63. The molecule has 0 aromatic heterocycles. The fraction of sp³-hybridized carbons (Fsp3) is 0.750. The first-order chi connectivity index (χ1) is 13.0. The summed E-state index contributed by atoms with van der Waals surface area (Å²) in [5, 5.41) is 0. The lowest BCUT2D eigenvalue weighted by Gasteiger charge is -2.42. The van der Waals surface area contributed by atoms with Crippen LogP contribution in [-0.2, 0) is 0 Å². The van der Waals surface area contributed by atoms with Gasteiger partial charge in [0.25, 0.3) is 0 Å². The Morgan fingerprint density at radius 3 is 2.15 bits per heavy atom. The van der Waals surface area contributed by atoms with E-state index in [9.17, 15) is 8.78 Å². The zero-order valence-corrected chi connectivity index (χ0v) is 17.3. The lowest BCUT2D eigenvalue weighted by Crippen LogP contribution is -2.29. The monoisotopic (exact) mass is 378 g/mol. The van der Waals surface area contributed by atoms with Crippen molar-refractivity contribution in [2.45, 2.75) is 90.9 Å². The first kappa shape index (κ1) is 20.6. The van der Waals surface area contributed by atoms with Crippen LogP contribution in [0.5, 0.6) is 5.75 Å². The van der Waals surface area contributed by atoms with Gasteiger partial charge in [-0.25, -0.2) is 4.39 Å². The van der Waals surface area contributed by atoms with Gasteiger partial charge in [-0.1, -0.05) is 33.3 Å².